The van der Waals surface area contributed by atoms with Gasteiger partial charge in [-0.1, -0.05) is 51.1 Å². The first-order valence-electron chi connectivity index (χ1n) is 7.14. The molecule has 1 aromatic carbocycles. The Bertz CT molecular complexity index is 552. The lowest BCUT2D eigenvalue weighted by molar-refractivity contribution is 0.710. The fraction of sp³-hybridized carbons (Fsp3) is 0.438. The van der Waals surface area contributed by atoms with Crippen LogP contribution < -0.4 is 5.32 Å². The molecule has 0 aliphatic rings. The van der Waals surface area contributed by atoms with E-state index in [-0.39, 0.29) is 6.04 Å². The lowest BCUT2D eigenvalue weighted by atomic mass is 10.1. The first kappa shape index (κ1) is 14.4. The number of nitrogens with zero attached hydrogens (tertiary/aromatic N) is 3. The van der Waals surface area contributed by atoms with Crippen molar-refractivity contribution >= 4 is 5.95 Å². The highest BCUT2D eigenvalue weighted by molar-refractivity contribution is 5.32. The van der Waals surface area contributed by atoms with Gasteiger partial charge in [-0.3, -0.25) is 0 Å². The highest BCUT2D eigenvalue weighted by atomic mass is 15.2. The zero-order chi connectivity index (χ0) is 14.5. The van der Waals surface area contributed by atoms with Crippen LogP contribution in [0.25, 0.3) is 0 Å². The molecule has 0 aliphatic heterocycles. The Morgan fingerprint density at radius 1 is 1.05 bits per heavy atom. The number of nitrogens with one attached hydrogen (secondary N) is 1. The lowest BCUT2D eigenvalue weighted by Crippen LogP contribution is -2.14. The Morgan fingerprint density at radius 3 is 2.35 bits per heavy atom. The zero-order valence-electron chi connectivity index (χ0n) is 12.6. The van der Waals surface area contributed by atoms with E-state index in [4.69, 9.17) is 0 Å². The third-order valence-corrected chi connectivity index (χ3v) is 3.19. The van der Waals surface area contributed by atoms with Crippen LogP contribution in [0.2, 0.25) is 0 Å². The average molecular weight is 270 g/mol. The molecule has 1 N–H and O–H groups in total. The standard InChI is InChI=1S/C16H22N4/c1-5-14(13-9-7-6-8-10-13)19-16-18-12(4)17-15(20-16)11(2)3/h6-11,14H,5H2,1-4H3,(H,17,18,19,20). The van der Waals surface area contributed by atoms with Crippen LogP contribution in [0, 0.1) is 6.92 Å². The average Bonchev–Trinajstić information content (AvgIpc) is 2.45. The predicted octanol–water partition coefficient (Wildman–Crippen LogP) is 3.87. The monoisotopic (exact) mass is 270 g/mol. The van der Waals surface area contributed by atoms with Gasteiger partial charge in [0.05, 0.1) is 6.04 Å². The number of aromatic nitrogens is 3. The summed E-state index contributed by atoms with van der Waals surface area (Å²) in [5.41, 5.74) is 1.25. The summed E-state index contributed by atoms with van der Waals surface area (Å²) in [7, 11) is 0. The van der Waals surface area contributed by atoms with Gasteiger partial charge in [0.25, 0.3) is 0 Å². The van der Waals surface area contributed by atoms with Crippen molar-refractivity contribution in [1.82, 2.24) is 15.0 Å². The molecule has 4 nitrogen and oxygen atoms in total. The van der Waals surface area contributed by atoms with Crippen LogP contribution in [0.1, 0.15) is 56.4 Å². The molecule has 0 spiro atoms. The predicted molar refractivity (Wildman–Crippen MR) is 81.7 cm³/mol. The molecule has 4 heteroatoms. The van der Waals surface area contributed by atoms with Gasteiger partial charge in [-0.25, -0.2) is 4.98 Å². The Balaban J connectivity index is 2.24. The van der Waals surface area contributed by atoms with Gasteiger partial charge >= 0.3 is 0 Å². The molecule has 1 atom stereocenters. The Kier molecular flexibility index (Phi) is 4.66. The SMILES string of the molecule is CCC(Nc1nc(C)nc(C(C)C)n1)c1ccccc1. The van der Waals surface area contributed by atoms with E-state index in [9.17, 15) is 0 Å². The molecule has 0 fully saturated rings. The van der Waals surface area contributed by atoms with E-state index < -0.39 is 0 Å². The molecule has 2 rings (SSSR count). The van der Waals surface area contributed by atoms with E-state index in [1.807, 2.05) is 13.0 Å². The molecule has 0 saturated heterocycles. The van der Waals surface area contributed by atoms with Crippen LogP contribution in [0.3, 0.4) is 0 Å². The van der Waals surface area contributed by atoms with Crippen molar-refractivity contribution < 1.29 is 0 Å². The fourth-order valence-electron chi connectivity index (χ4n) is 2.09. The summed E-state index contributed by atoms with van der Waals surface area (Å²) >= 11 is 0. The fourth-order valence-corrected chi connectivity index (χ4v) is 2.09. The highest BCUT2D eigenvalue weighted by Crippen LogP contribution is 2.21. The molecule has 20 heavy (non-hydrogen) atoms. The summed E-state index contributed by atoms with van der Waals surface area (Å²) in [4.78, 5) is 13.3. The second kappa shape index (κ2) is 6.46. The molecule has 0 aliphatic carbocycles. The van der Waals surface area contributed by atoms with Crippen molar-refractivity contribution in [3.63, 3.8) is 0 Å². The topological polar surface area (TPSA) is 50.7 Å². The van der Waals surface area contributed by atoms with Gasteiger partial charge in [0.2, 0.25) is 5.95 Å². The summed E-state index contributed by atoms with van der Waals surface area (Å²) in [5, 5.41) is 3.42. The van der Waals surface area contributed by atoms with Gasteiger partial charge in [0, 0.05) is 5.92 Å². The van der Waals surface area contributed by atoms with Gasteiger partial charge in [-0.05, 0) is 18.9 Å². The van der Waals surface area contributed by atoms with Crippen LogP contribution in [0.4, 0.5) is 5.95 Å². The maximum Gasteiger partial charge on any atom is 0.226 e. The number of hydrogen-bond acceptors (Lipinski definition) is 4. The van der Waals surface area contributed by atoms with Crippen molar-refractivity contribution in [2.75, 3.05) is 5.32 Å². The molecule has 1 unspecified atom stereocenters. The maximum atomic E-state index is 4.51. The third kappa shape index (κ3) is 3.53. The lowest BCUT2D eigenvalue weighted by Gasteiger charge is -2.18. The summed E-state index contributed by atoms with van der Waals surface area (Å²) in [6.45, 7) is 8.24. The highest BCUT2D eigenvalue weighted by Gasteiger charge is 2.12. The second-order valence-corrected chi connectivity index (χ2v) is 5.23. The summed E-state index contributed by atoms with van der Waals surface area (Å²) in [6.07, 6.45) is 0.978. The molecule has 1 aromatic heterocycles. The third-order valence-electron chi connectivity index (χ3n) is 3.19. The van der Waals surface area contributed by atoms with Crippen LogP contribution in [0.15, 0.2) is 30.3 Å². The van der Waals surface area contributed by atoms with E-state index >= 15 is 0 Å². The van der Waals surface area contributed by atoms with Crippen molar-refractivity contribution in [1.29, 1.82) is 0 Å². The van der Waals surface area contributed by atoms with Crippen LogP contribution in [0.5, 0.6) is 0 Å². The Hall–Kier alpha value is -1.97. The van der Waals surface area contributed by atoms with Crippen LogP contribution >= 0.6 is 0 Å². The van der Waals surface area contributed by atoms with Crippen molar-refractivity contribution in [2.45, 2.75) is 46.1 Å². The molecular formula is C16H22N4. The van der Waals surface area contributed by atoms with E-state index in [2.05, 4.69) is 65.3 Å². The molecule has 0 radical (unpaired) electrons. The van der Waals surface area contributed by atoms with Gasteiger partial charge in [0.1, 0.15) is 11.6 Å². The van der Waals surface area contributed by atoms with Gasteiger partial charge in [-0.2, -0.15) is 9.97 Å². The molecular weight excluding hydrogens is 248 g/mol. The second-order valence-electron chi connectivity index (χ2n) is 5.23. The van der Waals surface area contributed by atoms with Crippen LogP contribution in [-0.4, -0.2) is 15.0 Å². The molecule has 1 heterocycles. The van der Waals surface area contributed by atoms with Crippen LogP contribution in [-0.2, 0) is 0 Å². The Labute approximate surface area is 120 Å². The molecule has 0 saturated carbocycles. The zero-order valence-corrected chi connectivity index (χ0v) is 12.6. The smallest absolute Gasteiger partial charge is 0.226 e. The summed E-state index contributed by atoms with van der Waals surface area (Å²) in [6, 6.07) is 10.6. The minimum atomic E-state index is 0.220. The van der Waals surface area contributed by atoms with Gasteiger partial charge in [-0.15, -0.1) is 0 Å². The van der Waals surface area contributed by atoms with Gasteiger partial charge in [0.15, 0.2) is 0 Å². The summed E-state index contributed by atoms with van der Waals surface area (Å²) in [5.74, 6) is 2.56. The number of aryl methyl sites for hydroxylation is 1. The first-order valence-corrected chi connectivity index (χ1v) is 7.14. The van der Waals surface area contributed by atoms with Gasteiger partial charge < -0.3 is 5.32 Å². The van der Waals surface area contributed by atoms with E-state index in [0.717, 1.165) is 18.1 Å². The maximum absolute atomic E-state index is 4.51. The minimum Gasteiger partial charge on any atom is -0.347 e. The number of rotatable bonds is 5. The van der Waals surface area contributed by atoms with Crippen molar-refractivity contribution in [2.24, 2.45) is 0 Å². The molecule has 106 valence electrons. The van der Waals surface area contributed by atoms with E-state index in [1.54, 1.807) is 0 Å². The van der Waals surface area contributed by atoms with Crippen molar-refractivity contribution in [3.05, 3.63) is 47.5 Å². The first-order chi connectivity index (χ1) is 9.60. The van der Waals surface area contributed by atoms with Crippen molar-refractivity contribution in [3.8, 4) is 0 Å². The molecule has 0 bridgehead atoms. The summed E-state index contributed by atoms with van der Waals surface area (Å²) < 4.78 is 0. The number of anilines is 1. The molecule has 0 amide bonds. The molecule has 2 aromatic rings. The Morgan fingerprint density at radius 2 is 1.75 bits per heavy atom. The normalized spacial score (nSPS) is 12.4. The van der Waals surface area contributed by atoms with E-state index in [1.165, 1.54) is 5.56 Å². The largest absolute Gasteiger partial charge is 0.347 e. The quantitative estimate of drug-likeness (QED) is 0.896. The van der Waals surface area contributed by atoms with E-state index in [0.29, 0.717) is 11.9 Å². The number of benzene rings is 1. The number of hydrogen-bond donors (Lipinski definition) is 1. The minimum absolute atomic E-state index is 0.220.